The number of rotatable bonds is 14. The summed E-state index contributed by atoms with van der Waals surface area (Å²) in [5.74, 6) is 1.36. The van der Waals surface area contributed by atoms with Gasteiger partial charge < -0.3 is 4.74 Å². The first-order valence-electron chi connectivity index (χ1n) is 14.7. The van der Waals surface area contributed by atoms with E-state index >= 15 is 0 Å². The molecule has 1 heterocycles. The normalized spacial score (nSPS) is 19.3. The van der Waals surface area contributed by atoms with Crippen molar-refractivity contribution in [3.05, 3.63) is 47.9 Å². The molecule has 2 nitrogen and oxygen atoms in total. The third-order valence-corrected chi connectivity index (χ3v) is 13.5. The molecular formula is C32H50FNOSi. The SMILES string of the molecule is CCCCC[C@H]1CC[C@H](c2ccc(-c3ccc(OCCC(C)[Si](C)(C)CCCC)c(F)n3)cc2)CC1. The monoisotopic (exact) mass is 511 g/mol. The average Bonchev–Trinajstić information content (AvgIpc) is 2.89. The Kier molecular flexibility index (Phi) is 11.5. The van der Waals surface area contributed by atoms with E-state index in [-0.39, 0.29) is 5.75 Å². The number of unbranched alkanes of at least 4 members (excludes halogenated alkanes) is 3. The molecule has 1 aliphatic carbocycles. The van der Waals surface area contributed by atoms with Crippen LogP contribution in [0.15, 0.2) is 36.4 Å². The Morgan fingerprint density at radius 3 is 2.28 bits per heavy atom. The van der Waals surface area contributed by atoms with E-state index in [0.717, 1.165) is 17.9 Å². The first kappa shape index (κ1) is 28.9. The van der Waals surface area contributed by atoms with Gasteiger partial charge in [0.15, 0.2) is 5.75 Å². The van der Waals surface area contributed by atoms with Crippen LogP contribution in [-0.4, -0.2) is 19.7 Å². The van der Waals surface area contributed by atoms with Crippen LogP contribution in [0.25, 0.3) is 11.3 Å². The highest BCUT2D eigenvalue weighted by atomic mass is 28.3. The van der Waals surface area contributed by atoms with E-state index in [1.165, 1.54) is 75.8 Å². The molecule has 0 amide bonds. The lowest BCUT2D eigenvalue weighted by Crippen LogP contribution is -2.31. The number of benzene rings is 1. The van der Waals surface area contributed by atoms with Gasteiger partial charge in [-0.3, -0.25) is 0 Å². The van der Waals surface area contributed by atoms with Gasteiger partial charge in [-0.2, -0.15) is 4.39 Å². The van der Waals surface area contributed by atoms with Crippen LogP contribution in [0.2, 0.25) is 24.7 Å². The smallest absolute Gasteiger partial charge is 0.255 e. The molecule has 1 unspecified atom stereocenters. The molecule has 0 aliphatic heterocycles. The van der Waals surface area contributed by atoms with Crippen molar-refractivity contribution in [1.29, 1.82) is 0 Å². The highest BCUT2D eigenvalue weighted by Gasteiger charge is 2.27. The van der Waals surface area contributed by atoms with Crippen LogP contribution < -0.4 is 4.74 Å². The third kappa shape index (κ3) is 8.43. The van der Waals surface area contributed by atoms with Crippen molar-refractivity contribution >= 4 is 8.07 Å². The average molecular weight is 512 g/mol. The van der Waals surface area contributed by atoms with Crippen molar-refractivity contribution in [2.75, 3.05) is 6.61 Å². The molecule has 4 heteroatoms. The minimum Gasteiger partial charge on any atom is -0.489 e. The number of nitrogens with zero attached hydrogens (tertiary/aromatic N) is 1. The van der Waals surface area contributed by atoms with Crippen LogP contribution in [0.4, 0.5) is 4.39 Å². The number of aromatic nitrogens is 1. The summed E-state index contributed by atoms with van der Waals surface area (Å²) >= 11 is 0. The summed E-state index contributed by atoms with van der Waals surface area (Å²) in [6.45, 7) is 12.4. The molecule has 200 valence electrons. The highest BCUT2D eigenvalue weighted by molar-refractivity contribution is 6.78. The van der Waals surface area contributed by atoms with Gasteiger partial charge in [0.05, 0.1) is 20.4 Å². The maximum atomic E-state index is 14.8. The maximum absolute atomic E-state index is 14.8. The fraction of sp³-hybridized carbons (Fsp3) is 0.656. The predicted octanol–water partition coefficient (Wildman–Crippen LogP) is 10.4. The maximum Gasteiger partial charge on any atom is 0.255 e. The summed E-state index contributed by atoms with van der Waals surface area (Å²) in [6.07, 6.45) is 14.4. The molecule has 0 spiro atoms. The van der Waals surface area contributed by atoms with Gasteiger partial charge in [0.25, 0.3) is 5.95 Å². The fourth-order valence-corrected chi connectivity index (χ4v) is 8.36. The van der Waals surface area contributed by atoms with Crippen molar-refractivity contribution in [3.63, 3.8) is 0 Å². The zero-order valence-corrected chi connectivity index (χ0v) is 24.6. The number of hydrogen-bond donors (Lipinski definition) is 0. The van der Waals surface area contributed by atoms with Gasteiger partial charge >= 0.3 is 0 Å². The van der Waals surface area contributed by atoms with Crippen molar-refractivity contribution in [2.45, 2.75) is 122 Å². The molecule has 0 bridgehead atoms. The van der Waals surface area contributed by atoms with E-state index in [4.69, 9.17) is 4.74 Å². The van der Waals surface area contributed by atoms with E-state index in [0.29, 0.717) is 23.8 Å². The largest absolute Gasteiger partial charge is 0.489 e. The first-order valence-corrected chi connectivity index (χ1v) is 18.0. The van der Waals surface area contributed by atoms with E-state index in [1.54, 1.807) is 6.07 Å². The Balaban J connectivity index is 1.50. The lowest BCUT2D eigenvalue weighted by atomic mass is 9.77. The zero-order chi connectivity index (χ0) is 26.0. The lowest BCUT2D eigenvalue weighted by molar-refractivity contribution is 0.289. The summed E-state index contributed by atoms with van der Waals surface area (Å²) < 4.78 is 20.6. The van der Waals surface area contributed by atoms with E-state index in [9.17, 15) is 4.39 Å². The second-order valence-corrected chi connectivity index (χ2v) is 17.4. The van der Waals surface area contributed by atoms with Gasteiger partial charge in [0.1, 0.15) is 0 Å². The molecule has 0 N–H and O–H groups in total. The van der Waals surface area contributed by atoms with Crippen molar-refractivity contribution in [2.24, 2.45) is 5.92 Å². The number of halogens is 1. The molecule has 3 rings (SSSR count). The molecule has 36 heavy (non-hydrogen) atoms. The predicted molar refractivity (Wildman–Crippen MR) is 155 cm³/mol. The van der Waals surface area contributed by atoms with Gasteiger partial charge in [0.2, 0.25) is 0 Å². The molecule has 0 saturated heterocycles. The zero-order valence-electron chi connectivity index (χ0n) is 23.6. The Morgan fingerprint density at radius 2 is 1.64 bits per heavy atom. The van der Waals surface area contributed by atoms with Crippen LogP contribution in [-0.2, 0) is 0 Å². The van der Waals surface area contributed by atoms with Crippen LogP contribution >= 0.6 is 0 Å². The second-order valence-electron chi connectivity index (χ2n) is 12.0. The van der Waals surface area contributed by atoms with Gasteiger partial charge in [-0.15, -0.1) is 0 Å². The minimum atomic E-state index is -1.25. The minimum absolute atomic E-state index is 0.270. The molecule has 1 aromatic carbocycles. The summed E-state index contributed by atoms with van der Waals surface area (Å²) in [7, 11) is -1.25. The van der Waals surface area contributed by atoms with Crippen molar-refractivity contribution < 1.29 is 9.13 Å². The highest BCUT2D eigenvalue weighted by Crippen LogP contribution is 2.38. The third-order valence-electron chi connectivity index (χ3n) is 8.87. The second kappa shape index (κ2) is 14.3. The van der Waals surface area contributed by atoms with Gasteiger partial charge in [0, 0.05) is 5.56 Å². The summed E-state index contributed by atoms with van der Waals surface area (Å²) in [4.78, 5) is 4.24. The van der Waals surface area contributed by atoms with Crippen LogP contribution in [0, 0.1) is 11.9 Å². The van der Waals surface area contributed by atoms with Gasteiger partial charge in [-0.1, -0.05) is 103 Å². The molecule has 0 radical (unpaired) electrons. The van der Waals surface area contributed by atoms with Crippen LogP contribution in [0.3, 0.4) is 0 Å². The number of pyridine rings is 1. The summed E-state index contributed by atoms with van der Waals surface area (Å²) in [5, 5.41) is 0. The van der Waals surface area contributed by atoms with Crippen molar-refractivity contribution in [3.8, 4) is 17.0 Å². The standard InChI is InChI=1S/C32H50FNOSi/c1-6-8-10-11-26-12-14-27(15-13-26)28-16-18-29(19-17-28)30-20-21-31(32(33)34-30)35-23-22-25(3)36(4,5)24-9-7-2/h16-21,25-27H,6-15,22-24H2,1-5H3/t25?,26-,27-. The molecular weight excluding hydrogens is 461 g/mol. The Bertz CT molecular complexity index is 905. The Hall–Kier alpha value is -1.68. The molecule has 2 aromatic rings. The van der Waals surface area contributed by atoms with Gasteiger partial charge in [-0.25, -0.2) is 4.98 Å². The topological polar surface area (TPSA) is 22.1 Å². The molecule has 1 aromatic heterocycles. The summed E-state index contributed by atoms with van der Waals surface area (Å²) in [6, 6.07) is 13.7. The fourth-order valence-electron chi connectivity index (χ4n) is 5.70. The molecule has 1 saturated carbocycles. The Morgan fingerprint density at radius 1 is 0.944 bits per heavy atom. The molecule has 1 atom stereocenters. The summed E-state index contributed by atoms with van der Waals surface area (Å²) in [5.41, 5.74) is 3.72. The van der Waals surface area contributed by atoms with Crippen molar-refractivity contribution in [1.82, 2.24) is 4.98 Å². The molecule has 1 aliphatic rings. The Labute approximate surface area is 221 Å². The number of ether oxygens (including phenoxy) is 1. The lowest BCUT2D eigenvalue weighted by Gasteiger charge is -2.29. The van der Waals surface area contributed by atoms with E-state index in [1.807, 2.05) is 6.07 Å². The van der Waals surface area contributed by atoms with Crippen LogP contribution in [0.5, 0.6) is 5.75 Å². The van der Waals surface area contributed by atoms with E-state index < -0.39 is 14.0 Å². The molecule has 1 fully saturated rings. The van der Waals surface area contributed by atoms with E-state index in [2.05, 4.69) is 63.1 Å². The first-order chi connectivity index (χ1) is 17.3. The van der Waals surface area contributed by atoms with Gasteiger partial charge in [-0.05, 0) is 67.2 Å². The quantitative estimate of drug-likeness (QED) is 0.143. The number of hydrogen-bond acceptors (Lipinski definition) is 2. The van der Waals surface area contributed by atoms with Crippen LogP contribution in [0.1, 0.15) is 103 Å².